The lowest BCUT2D eigenvalue weighted by atomic mass is 9.96. The molecule has 0 aromatic heterocycles. The van der Waals surface area contributed by atoms with Crippen LogP contribution in [-0.4, -0.2) is 0 Å². The molecule has 108 valence electrons. The zero-order valence-electron chi connectivity index (χ0n) is 12.9. The molecule has 18 heavy (non-hydrogen) atoms. The molecule has 0 fully saturated rings. The van der Waals surface area contributed by atoms with Gasteiger partial charge in [-0.05, 0) is 5.92 Å². The Balaban J connectivity index is 3.08. The lowest BCUT2D eigenvalue weighted by Gasteiger charge is -2.10. The minimum absolute atomic E-state index is 0.716. The molecule has 1 unspecified atom stereocenters. The van der Waals surface area contributed by atoms with Crippen LogP contribution in [-0.2, 0) is 0 Å². The normalized spacial score (nSPS) is 12.8. The Morgan fingerprint density at radius 1 is 0.667 bits per heavy atom. The molecule has 0 N–H and O–H groups in total. The number of hydrogen-bond donors (Lipinski definition) is 0. The lowest BCUT2D eigenvalue weighted by Crippen LogP contribution is -1.95. The van der Waals surface area contributed by atoms with Crippen molar-refractivity contribution in [1.82, 2.24) is 0 Å². The van der Waals surface area contributed by atoms with Gasteiger partial charge in [0.1, 0.15) is 0 Å². The second-order valence-corrected chi connectivity index (χ2v) is 5.83. The summed E-state index contributed by atoms with van der Waals surface area (Å²) in [6, 6.07) is 0. The highest BCUT2D eigenvalue weighted by atomic mass is 14.1. The van der Waals surface area contributed by atoms with Crippen LogP contribution in [0.4, 0.5) is 0 Å². The Hall–Kier alpha value is 0. The number of unbranched alkanes of at least 4 members (excludes halogenated alkanes) is 10. The second kappa shape index (κ2) is 15.1. The van der Waals surface area contributed by atoms with E-state index in [2.05, 4.69) is 20.8 Å². The minimum Gasteiger partial charge on any atom is -0.0654 e. The van der Waals surface area contributed by atoms with Crippen LogP contribution in [0, 0.1) is 19.8 Å². The Morgan fingerprint density at radius 3 is 1.61 bits per heavy atom. The summed E-state index contributed by atoms with van der Waals surface area (Å²) in [4.78, 5) is 0. The molecule has 0 heterocycles. The highest BCUT2D eigenvalue weighted by Gasteiger charge is 2.01. The average molecular weight is 252 g/mol. The standard InChI is InChI=1S/C18H36/c1-4-6-8-10-11-12-13-15-17-18(3)16-14-9-7-5-2/h18H,1,3-17H2,2H3. The van der Waals surface area contributed by atoms with Gasteiger partial charge in [0.05, 0.1) is 0 Å². The molecule has 0 heteroatoms. The predicted octanol–water partition coefficient (Wildman–Crippen LogP) is 6.75. The van der Waals surface area contributed by atoms with Crippen molar-refractivity contribution in [2.45, 2.75) is 96.8 Å². The predicted molar refractivity (Wildman–Crippen MR) is 84.5 cm³/mol. The Bertz CT molecular complexity index is 139. The van der Waals surface area contributed by atoms with Crippen LogP contribution in [0.25, 0.3) is 0 Å². The molecule has 0 amide bonds. The summed E-state index contributed by atoms with van der Waals surface area (Å²) in [5.74, 6) is 0.716. The van der Waals surface area contributed by atoms with Gasteiger partial charge in [-0.15, -0.1) is 0 Å². The van der Waals surface area contributed by atoms with Gasteiger partial charge < -0.3 is 0 Å². The average Bonchev–Trinajstić information content (AvgIpc) is 2.38. The highest BCUT2D eigenvalue weighted by molar-refractivity contribution is 4.62. The fourth-order valence-electron chi connectivity index (χ4n) is 2.50. The molecule has 0 nitrogen and oxygen atoms in total. The Labute approximate surface area is 117 Å². The molecule has 0 bridgehead atoms. The molecule has 1 atom stereocenters. The summed E-state index contributed by atoms with van der Waals surface area (Å²) in [6.07, 6.45) is 19.2. The van der Waals surface area contributed by atoms with E-state index in [4.69, 9.17) is 0 Å². The molecule has 0 saturated heterocycles. The molecule has 0 aliphatic rings. The zero-order valence-corrected chi connectivity index (χ0v) is 12.9. The monoisotopic (exact) mass is 252 g/mol. The Morgan fingerprint density at radius 2 is 1.11 bits per heavy atom. The Kier molecular flexibility index (Phi) is 15.1. The van der Waals surface area contributed by atoms with Gasteiger partial charge in [-0.3, -0.25) is 0 Å². The molecule has 0 aliphatic heterocycles. The molecule has 2 radical (unpaired) electrons. The van der Waals surface area contributed by atoms with Crippen molar-refractivity contribution in [3.63, 3.8) is 0 Å². The summed E-state index contributed by atoms with van der Waals surface area (Å²) in [5, 5.41) is 0. The van der Waals surface area contributed by atoms with Crippen LogP contribution in [0.1, 0.15) is 96.8 Å². The van der Waals surface area contributed by atoms with E-state index in [1.165, 1.54) is 83.5 Å². The van der Waals surface area contributed by atoms with Crippen LogP contribution < -0.4 is 0 Å². The van der Waals surface area contributed by atoms with E-state index in [1.807, 2.05) is 0 Å². The van der Waals surface area contributed by atoms with Gasteiger partial charge >= 0.3 is 0 Å². The largest absolute Gasteiger partial charge is 0.0654 e. The maximum Gasteiger partial charge on any atom is -0.0414 e. The van der Waals surface area contributed by atoms with Crippen LogP contribution in [0.3, 0.4) is 0 Å². The van der Waals surface area contributed by atoms with E-state index in [-0.39, 0.29) is 0 Å². The van der Waals surface area contributed by atoms with Gasteiger partial charge in [0.25, 0.3) is 0 Å². The molecule has 0 saturated carbocycles. The van der Waals surface area contributed by atoms with Gasteiger partial charge in [0.15, 0.2) is 0 Å². The van der Waals surface area contributed by atoms with E-state index >= 15 is 0 Å². The van der Waals surface area contributed by atoms with Crippen molar-refractivity contribution < 1.29 is 0 Å². The van der Waals surface area contributed by atoms with Crippen LogP contribution >= 0.6 is 0 Å². The van der Waals surface area contributed by atoms with Crippen molar-refractivity contribution in [1.29, 1.82) is 0 Å². The van der Waals surface area contributed by atoms with E-state index in [0.29, 0.717) is 5.92 Å². The van der Waals surface area contributed by atoms with Crippen molar-refractivity contribution in [3.8, 4) is 0 Å². The van der Waals surface area contributed by atoms with E-state index in [1.54, 1.807) is 0 Å². The third-order valence-corrected chi connectivity index (χ3v) is 3.83. The first-order chi connectivity index (χ1) is 8.81. The first-order valence-corrected chi connectivity index (χ1v) is 8.43. The molecule has 0 aromatic rings. The first-order valence-electron chi connectivity index (χ1n) is 8.43. The molecule has 0 aliphatic carbocycles. The lowest BCUT2D eigenvalue weighted by molar-refractivity contribution is 0.465. The van der Waals surface area contributed by atoms with E-state index in [0.717, 1.165) is 6.42 Å². The van der Waals surface area contributed by atoms with Crippen molar-refractivity contribution in [2.24, 2.45) is 5.92 Å². The van der Waals surface area contributed by atoms with Crippen molar-refractivity contribution in [2.75, 3.05) is 0 Å². The number of rotatable bonds is 14. The van der Waals surface area contributed by atoms with Gasteiger partial charge in [-0.2, -0.15) is 0 Å². The SMILES string of the molecule is [CH2]CCCCCCCCCC([CH2])CCCCCC. The maximum absolute atomic E-state index is 4.29. The summed E-state index contributed by atoms with van der Waals surface area (Å²) in [5.41, 5.74) is 0. The topological polar surface area (TPSA) is 0 Å². The summed E-state index contributed by atoms with van der Waals surface area (Å²) in [7, 11) is 0. The fourth-order valence-corrected chi connectivity index (χ4v) is 2.50. The van der Waals surface area contributed by atoms with Gasteiger partial charge in [0.2, 0.25) is 0 Å². The third-order valence-electron chi connectivity index (χ3n) is 3.83. The highest BCUT2D eigenvalue weighted by Crippen LogP contribution is 2.17. The first kappa shape index (κ1) is 18.0. The molecule has 0 rings (SSSR count). The van der Waals surface area contributed by atoms with E-state index in [9.17, 15) is 0 Å². The van der Waals surface area contributed by atoms with Crippen LogP contribution in [0.2, 0.25) is 0 Å². The van der Waals surface area contributed by atoms with Crippen LogP contribution in [0.5, 0.6) is 0 Å². The maximum atomic E-state index is 4.29. The smallest absolute Gasteiger partial charge is 0.0414 e. The fraction of sp³-hybridized carbons (Fsp3) is 0.889. The molecule has 0 aromatic carbocycles. The van der Waals surface area contributed by atoms with E-state index < -0.39 is 0 Å². The van der Waals surface area contributed by atoms with Gasteiger partial charge in [-0.25, -0.2) is 0 Å². The summed E-state index contributed by atoms with van der Waals surface area (Å²) < 4.78 is 0. The molecular weight excluding hydrogens is 216 g/mol. The van der Waals surface area contributed by atoms with Crippen molar-refractivity contribution >= 4 is 0 Å². The molecule has 0 spiro atoms. The van der Waals surface area contributed by atoms with Gasteiger partial charge in [-0.1, -0.05) is 111 Å². The molecular formula is C18H36. The quantitative estimate of drug-likeness (QED) is 0.300. The third kappa shape index (κ3) is 14.1. The second-order valence-electron chi connectivity index (χ2n) is 5.83. The van der Waals surface area contributed by atoms with Gasteiger partial charge in [0, 0.05) is 0 Å². The zero-order chi connectivity index (χ0) is 13.5. The van der Waals surface area contributed by atoms with Crippen LogP contribution in [0.15, 0.2) is 0 Å². The van der Waals surface area contributed by atoms with Crippen molar-refractivity contribution in [3.05, 3.63) is 13.8 Å². The number of hydrogen-bond acceptors (Lipinski definition) is 0. The summed E-state index contributed by atoms with van der Waals surface area (Å²) >= 11 is 0. The summed E-state index contributed by atoms with van der Waals surface area (Å²) in [6.45, 7) is 10.4. The minimum atomic E-state index is 0.716.